The summed E-state index contributed by atoms with van der Waals surface area (Å²) in [5.74, 6) is 0. The predicted octanol–water partition coefficient (Wildman–Crippen LogP) is 3.31. The molecular formula is C15H16N4S. The SMILES string of the molecule is Cc1ncsc1CNc1ccc(Cn2cccn2)cc1. The maximum atomic E-state index is 4.25. The first-order valence-corrected chi connectivity index (χ1v) is 7.38. The van der Waals surface area contributed by atoms with Crippen LogP contribution in [0.3, 0.4) is 0 Å². The topological polar surface area (TPSA) is 42.7 Å². The van der Waals surface area contributed by atoms with Gasteiger partial charge in [-0.1, -0.05) is 12.1 Å². The molecule has 0 aliphatic heterocycles. The number of anilines is 1. The van der Waals surface area contributed by atoms with Gasteiger partial charge < -0.3 is 5.32 Å². The van der Waals surface area contributed by atoms with Gasteiger partial charge in [-0.2, -0.15) is 5.10 Å². The number of benzene rings is 1. The number of thiazole rings is 1. The Morgan fingerprint density at radius 2 is 2.10 bits per heavy atom. The second kappa shape index (κ2) is 5.88. The number of nitrogens with one attached hydrogen (secondary N) is 1. The molecule has 2 aromatic heterocycles. The van der Waals surface area contributed by atoms with E-state index in [0.29, 0.717) is 0 Å². The molecule has 0 saturated carbocycles. The van der Waals surface area contributed by atoms with Crippen LogP contribution in [0.25, 0.3) is 0 Å². The second-order valence-electron chi connectivity index (χ2n) is 4.62. The minimum atomic E-state index is 0.807. The van der Waals surface area contributed by atoms with Gasteiger partial charge in [-0.15, -0.1) is 11.3 Å². The van der Waals surface area contributed by atoms with Crippen LogP contribution in [0.2, 0.25) is 0 Å². The van der Waals surface area contributed by atoms with Gasteiger partial charge in [0.1, 0.15) is 0 Å². The van der Waals surface area contributed by atoms with E-state index in [1.54, 1.807) is 17.5 Å². The maximum Gasteiger partial charge on any atom is 0.0798 e. The number of hydrogen-bond donors (Lipinski definition) is 1. The molecule has 20 heavy (non-hydrogen) atoms. The Balaban J connectivity index is 1.60. The molecule has 102 valence electrons. The number of rotatable bonds is 5. The Kier molecular flexibility index (Phi) is 3.78. The van der Waals surface area contributed by atoms with Crippen molar-refractivity contribution in [2.75, 3.05) is 5.32 Å². The van der Waals surface area contributed by atoms with Gasteiger partial charge in [-0.3, -0.25) is 4.68 Å². The lowest BCUT2D eigenvalue weighted by Gasteiger charge is -2.07. The fraction of sp³-hybridized carbons (Fsp3) is 0.200. The van der Waals surface area contributed by atoms with Crippen molar-refractivity contribution in [2.45, 2.75) is 20.0 Å². The first-order valence-electron chi connectivity index (χ1n) is 6.50. The van der Waals surface area contributed by atoms with E-state index in [2.05, 4.69) is 39.7 Å². The molecule has 3 aromatic rings. The predicted molar refractivity (Wildman–Crippen MR) is 81.9 cm³/mol. The van der Waals surface area contributed by atoms with Gasteiger partial charge in [0.15, 0.2) is 0 Å². The molecule has 0 radical (unpaired) electrons. The first-order chi connectivity index (χ1) is 9.81. The lowest BCUT2D eigenvalue weighted by molar-refractivity contribution is 0.687. The molecule has 1 aromatic carbocycles. The molecule has 2 heterocycles. The molecule has 0 fully saturated rings. The summed E-state index contributed by atoms with van der Waals surface area (Å²) in [6, 6.07) is 10.4. The van der Waals surface area contributed by atoms with Crippen molar-refractivity contribution in [3.8, 4) is 0 Å². The van der Waals surface area contributed by atoms with Crippen LogP contribution in [0.4, 0.5) is 5.69 Å². The van der Waals surface area contributed by atoms with Crippen LogP contribution in [0.5, 0.6) is 0 Å². The number of aromatic nitrogens is 3. The molecular weight excluding hydrogens is 268 g/mol. The summed E-state index contributed by atoms with van der Waals surface area (Å²) in [7, 11) is 0. The van der Waals surface area contributed by atoms with E-state index in [9.17, 15) is 0 Å². The molecule has 0 unspecified atom stereocenters. The van der Waals surface area contributed by atoms with Gasteiger partial charge in [0, 0.05) is 23.0 Å². The van der Waals surface area contributed by atoms with Crippen molar-refractivity contribution in [1.29, 1.82) is 0 Å². The number of nitrogens with zero attached hydrogens (tertiary/aromatic N) is 3. The molecule has 0 spiro atoms. The maximum absolute atomic E-state index is 4.25. The highest BCUT2D eigenvalue weighted by atomic mass is 32.1. The normalized spacial score (nSPS) is 10.7. The summed E-state index contributed by atoms with van der Waals surface area (Å²) in [6.45, 7) is 3.68. The van der Waals surface area contributed by atoms with Gasteiger partial charge in [-0.05, 0) is 30.7 Å². The standard InChI is InChI=1S/C15H16N4S/c1-12-15(20-11-17-12)9-16-14-5-3-13(4-6-14)10-19-8-2-7-18-19/h2-8,11,16H,9-10H2,1H3. The molecule has 3 rings (SSSR count). The van der Waals surface area contributed by atoms with E-state index < -0.39 is 0 Å². The Morgan fingerprint density at radius 3 is 2.75 bits per heavy atom. The smallest absolute Gasteiger partial charge is 0.0798 e. The summed E-state index contributed by atoms with van der Waals surface area (Å²) < 4.78 is 1.92. The van der Waals surface area contributed by atoms with Crippen LogP contribution in [-0.2, 0) is 13.1 Å². The van der Waals surface area contributed by atoms with Crippen molar-refractivity contribution in [3.05, 3.63) is 64.4 Å². The summed E-state index contributed by atoms with van der Waals surface area (Å²) in [5.41, 5.74) is 5.37. The van der Waals surface area contributed by atoms with Crippen molar-refractivity contribution >= 4 is 17.0 Å². The van der Waals surface area contributed by atoms with Crippen LogP contribution < -0.4 is 5.32 Å². The first kappa shape index (κ1) is 12.9. The molecule has 0 atom stereocenters. The Hall–Kier alpha value is -2.14. The van der Waals surface area contributed by atoms with Gasteiger partial charge in [-0.25, -0.2) is 4.98 Å². The van der Waals surface area contributed by atoms with Crippen molar-refractivity contribution in [2.24, 2.45) is 0 Å². The quantitative estimate of drug-likeness (QED) is 0.781. The minimum Gasteiger partial charge on any atom is -0.380 e. The molecule has 4 nitrogen and oxygen atoms in total. The lowest BCUT2D eigenvalue weighted by atomic mass is 10.2. The van der Waals surface area contributed by atoms with Gasteiger partial charge in [0.05, 0.1) is 24.3 Å². The molecule has 0 aliphatic carbocycles. The minimum absolute atomic E-state index is 0.807. The van der Waals surface area contributed by atoms with E-state index in [-0.39, 0.29) is 0 Å². The Labute approximate surface area is 122 Å². The highest BCUT2D eigenvalue weighted by Crippen LogP contribution is 2.16. The molecule has 0 amide bonds. The summed E-state index contributed by atoms with van der Waals surface area (Å²) in [4.78, 5) is 5.54. The molecule has 5 heteroatoms. The van der Waals surface area contributed by atoms with E-state index in [1.807, 2.05) is 29.4 Å². The van der Waals surface area contributed by atoms with Crippen LogP contribution in [0.1, 0.15) is 16.1 Å². The zero-order chi connectivity index (χ0) is 13.8. The van der Waals surface area contributed by atoms with E-state index >= 15 is 0 Å². The molecule has 0 bridgehead atoms. The van der Waals surface area contributed by atoms with Gasteiger partial charge >= 0.3 is 0 Å². The molecule has 0 aliphatic rings. The molecule has 0 saturated heterocycles. The zero-order valence-corrected chi connectivity index (χ0v) is 12.1. The summed E-state index contributed by atoms with van der Waals surface area (Å²) in [6.07, 6.45) is 3.77. The average molecular weight is 284 g/mol. The van der Waals surface area contributed by atoms with Crippen LogP contribution in [-0.4, -0.2) is 14.8 Å². The van der Waals surface area contributed by atoms with Crippen LogP contribution in [0, 0.1) is 6.92 Å². The van der Waals surface area contributed by atoms with Crippen molar-refractivity contribution < 1.29 is 0 Å². The third-order valence-electron chi connectivity index (χ3n) is 3.16. The third-order valence-corrected chi connectivity index (χ3v) is 4.09. The van der Waals surface area contributed by atoms with Crippen molar-refractivity contribution in [1.82, 2.24) is 14.8 Å². The number of aryl methyl sites for hydroxylation is 1. The average Bonchev–Trinajstić information content (AvgIpc) is 3.10. The summed E-state index contributed by atoms with van der Waals surface area (Å²) in [5, 5.41) is 7.63. The van der Waals surface area contributed by atoms with Gasteiger partial charge in [0.2, 0.25) is 0 Å². The van der Waals surface area contributed by atoms with Crippen molar-refractivity contribution in [3.63, 3.8) is 0 Å². The largest absolute Gasteiger partial charge is 0.380 e. The second-order valence-corrected chi connectivity index (χ2v) is 5.55. The fourth-order valence-electron chi connectivity index (χ4n) is 1.99. The fourth-order valence-corrected chi connectivity index (χ4v) is 2.70. The highest BCUT2D eigenvalue weighted by molar-refractivity contribution is 7.09. The molecule has 1 N–H and O–H groups in total. The third kappa shape index (κ3) is 3.05. The zero-order valence-electron chi connectivity index (χ0n) is 11.3. The van der Waals surface area contributed by atoms with E-state index in [4.69, 9.17) is 0 Å². The monoisotopic (exact) mass is 284 g/mol. The Bertz CT molecular complexity index is 656. The highest BCUT2D eigenvalue weighted by Gasteiger charge is 2.01. The summed E-state index contributed by atoms with van der Waals surface area (Å²) >= 11 is 1.69. The lowest BCUT2D eigenvalue weighted by Crippen LogP contribution is -2.01. The van der Waals surface area contributed by atoms with E-state index in [1.165, 1.54) is 10.4 Å². The van der Waals surface area contributed by atoms with Crippen LogP contribution >= 0.6 is 11.3 Å². The van der Waals surface area contributed by atoms with Crippen LogP contribution in [0.15, 0.2) is 48.2 Å². The van der Waals surface area contributed by atoms with E-state index in [0.717, 1.165) is 24.5 Å². The van der Waals surface area contributed by atoms with Gasteiger partial charge in [0.25, 0.3) is 0 Å². The Morgan fingerprint density at radius 1 is 1.25 bits per heavy atom. The number of hydrogen-bond acceptors (Lipinski definition) is 4.